The standard InChI is InChI=1S/C22H15OP/c1-2-9-16-15(7-1)8-5-11-17(16)18-12-6-14-21-22(18)19-10-3-4-13-20(19)23-24-21/h1-14,24H. The Bertz CT molecular complexity index is 1060. The van der Waals surface area contributed by atoms with E-state index < -0.39 is 0 Å². The van der Waals surface area contributed by atoms with Crippen molar-refractivity contribution in [1.82, 2.24) is 0 Å². The van der Waals surface area contributed by atoms with Gasteiger partial charge in [0.2, 0.25) is 0 Å². The van der Waals surface area contributed by atoms with Crippen molar-refractivity contribution in [2.45, 2.75) is 0 Å². The van der Waals surface area contributed by atoms with Crippen LogP contribution in [0.25, 0.3) is 33.0 Å². The molecule has 114 valence electrons. The number of fused-ring (bicyclic) bond motifs is 4. The Morgan fingerprint density at radius 2 is 1.29 bits per heavy atom. The number of benzene rings is 4. The van der Waals surface area contributed by atoms with Crippen LogP contribution in [0.5, 0.6) is 5.75 Å². The minimum atomic E-state index is 0.358. The molecule has 1 atom stereocenters. The topological polar surface area (TPSA) is 9.23 Å². The highest BCUT2D eigenvalue weighted by Gasteiger charge is 2.21. The van der Waals surface area contributed by atoms with E-state index in [0.29, 0.717) is 8.81 Å². The van der Waals surface area contributed by atoms with Crippen LogP contribution in [0.15, 0.2) is 84.9 Å². The molecule has 0 radical (unpaired) electrons. The molecule has 0 spiro atoms. The summed E-state index contributed by atoms with van der Waals surface area (Å²) in [5.41, 5.74) is 5.07. The summed E-state index contributed by atoms with van der Waals surface area (Å²) in [7, 11) is 0.358. The Kier molecular flexibility index (Phi) is 3.14. The normalized spacial score (nSPS) is 13.3. The Morgan fingerprint density at radius 3 is 2.29 bits per heavy atom. The zero-order valence-electron chi connectivity index (χ0n) is 13.0. The molecule has 0 amide bonds. The molecule has 1 heterocycles. The van der Waals surface area contributed by atoms with Crippen molar-refractivity contribution in [2.75, 3.05) is 0 Å². The lowest BCUT2D eigenvalue weighted by Crippen LogP contribution is -2.09. The summed E-state index contributed by atoms with van der Waals surface area (Å²) in [6.45, 7) is 0. The molecule has 1 unspecified atom stereocenters. The van der Waals surface area contributed by atoms with Crippen LogP contribution < -0.4 is 9.83 Å². The van der Waals surface area contributed by atoms with Gasteiger partial charge in [0.1, 0.15) is 14.6 Å². The molecule has 24 heavy (non-hydrogen) atoms. The lowest BCUT2D eigenvalue weighted by molar-refractivity contribution is 0.638. The maximum absolute atomic E-state index is 5.96. The molecule has 1 aliphatic heterocycles. The molecule has 0 saturated heterocycles. The van der Waals surface area contributed by atoms with Crippen LogP contribution in [0.3, 0.4) is 0 Å². The maximum Gasteiger partial charge on any atom is 0.131 e. The van der Waals surface area contributed by atoms with Gasteiger partial charge in [-0.2, -0.15) is 0 Å². The van der Waals surface area contributed by atoms with Gasteiger partial charge in [0.25, 0.3) is 0 Å². The van der Waals surface area contributed by atoms with E-state index >= 15 is 0 Å². The highest BCUT2D eigenvalue weighted by atomic mass is 31.1. The van der Waals surface area contributed by atoms with Crippen LogP contribution in [-0.4, -0.2) is 0 Å². The van der Waals surface area contributed by atoms with Crippen molar-refractivity contribution in [1.29, 1.82) is 0 Å². The van der Waals surface area contributed by atoms with Crippen LogP contribution in [0.1, 0.15) is 0 Å². The number of hydrogen-bond donors (Lipinski definition) is 0. The number of para-hydroxylation sites is 1. The van der Waals surface area contributed by atoms with Crippen LogP contribution in [-0.2, 0) is 0 Å². The van der Waals surface area contributed by atoms with E-state index in [9.17, 15) is 0 Å². The first kappa shape index (κ1) is 13.8. The van der Waals surface area contributed by atoms with E-state index in [1.54, 1.807) is 0 Å². The summed E-state index contributed by atoms with van der Waals surface area (Å²) < 4.78 is 5.96. The minimum absolute atomic E-state index is 0.358. The zero-order chi connectivity index (χ0) is 15.9. The predicted molar refractivity (Wildman–Crippen MR) is 103 cm³/mol. The van der Waals surface area contributed by atoms with Crippen LogP contribution in [0.2, 0.25) is 0 Å². The minimum Gasteiger partial charge on any atom is -0.472 e. The van der Waals surface area contributed by atoms with Crippen molar-refractivity contribution in [3.63, 3.8) is 0 Å². The van der Waals surface area contributed by atoms with Gasteiger partial charge in [-0.15, -0.1) is 0 Å². The van der Waals surface area contributed by atoms with Gasteiger partial charge in [0.05, 0.1) is 0 Å². The lowest BCUT2D eigenvalue weighted by Gasteiger charge is -2.23. The smallest absolute Gasteiger partial charge is 0.131 e. The third-order valence-corrected chi connectivity index (χ3v) is 5.53. The van der Waals surface area contributed by atoms with Gasteiger partial charge in [-0.1, -0.05) is 78.9 Å². The van der Waals surface area contributed by atoms with E-state index in [1.807, 2.05) is 6.07 Å². The first-order valence-corrected chi connectivity index (χ1v) is 8.96. The summed E-state index contributed by atoms with van der Waals surface area (Å²) in [5.74, 6) is 0.982. The molecule has 0 bridgehead atoms. The molecular weight excluding hydrogens is 311 g/mol. The van der Waals surface area contributed by atoms with Crippen LogP contribution >= 0.6 is 8.81 Å². The van der Waals surface area contributed by atoms with E-state index in [0.717, 1.165) is 5.75 Å². The molecular formula is C22H15OP. The third kappa shape index (κ3) is 2.06. The monoisotopic (exact) mass is 326 g/mol. The zero-order valence-corrected chi connectivity index (χ0v) is 14.0. The Labute approximate surface area is 142 Å². The fourth-order valence-electron chi connectivity index (χ4n) is 3.48. The Morgan fingerprint density at radius 1 is 0.583 bits per heavy atom. The van der Waals surface area contributed by atoms with E-state index in [1.165, 1.54) is 38.3 Å². The second kappa shape index (κ2) is 5.47. The molecule has 0 saturated carbocycles. The maximum atomic E-state index is 5.96. The van der Waals surface area contributed by atoms with Gasteiger partial charge in [-0.3, -0.25) is 0 Å². The number of hydrogen-bond acceptors (Lipinski definition) is 1. The van der Waals surface area contributed by atoms with Crippen molar-refractivity contribution < 1.29 is 4.52 Å². The van der Waals surface area contributed by atoms with Gasteiger partial charge in [0.15, 0.2) is 0 Å². The molecule has 4 aromatic carbocycles. The SMILES string of the molecule is c1ccc2c(c1)OPc1cccc(-c3cccc4ccccc34)c1-2. The molecule has 0 aromatic heterocycles. The summed E-state index contributed by atoms with van der Waals surface area (Å²) >= 11 is 0. The van der Waals surface area contributed by atoms with Crippen molar-refractivity contribution in [2.24, 2.45) is 0 Å². The largest absolute Gasteiger partial charge is 0.472 e. The molecule has 1 nitrogen and oxygen atoms in total. The molecule has 5 rings (SSSR count). The van der Waals surface area contributed by atoms with Gasteiger partial charge in [-0.25, -0.2) is 0 Å². The first-order valence-electron chi connectivity index (χ1n) is 8.05. The van der Waals surface area contributed by atoms with Crippen LogP contribution in [0, 0.1) is 0 Å². The Balaban J connectivity index is 1.86. The van der Waals surface area contributed by atoms with Crippen molar-refractivity contribution >= 4 is 24.9 Å². The van der Waals surface area contributed by atoms with Crippen LogP contribution in [0.4, 0.5) is 0 Å². The van der Waals surface area contributed by atoms with Gasteiger partial charge >= 0.3 is 0 Å². The second-order valence-electron chi connectivity index (χ2n) is 5.96. The van der Waals surface area contributed by atoms with Crippen molar-refractivity contribution in [3.05, 3.63) is 84.9 Å². The Hall–Kier alpha value is -2.63. The second-order valence-corrected chi connectivity index (χ2v) is 6.90. The summed E-state index contributed by atoms with van der Waals surface area (Å²) in [4.78, 5) is 0. The van der Waals surface area contributed by atoms with Gasteiger partial charge in [-0.05, 0) is 28.0 Å². The molecule has 0 aliphatic carbocycles. The summed E-state index contributed by atoms with van der Waals surface area (Å²) in [6.07, 6.45) is 0. The fraction of sp³-hybridized carbons (Fsp3) is 0. The predicted octanol–water partition coefficient (Wildman–Crippen LogP) is 5.79. The average Bonchev–Trinajstić information content (AvgIpc) is 2.67. The average molecular weight is 326 g/mol. The van der Waals surface area contributed by atoms with Gasteiger partial charge < -0.3 is 4.52 Å². The summed E-state index contributed by atoms with van der Waals surface area (Å²) in [5, 5.41) is 3.84. The molecule has 0 fully saturated rings. The molecule has 4 aromatic rings. The highest BCUT2D eigenvalue weighted by Crippen LogP contribution is 2.44. The van der Waals surface area contributed by atoms with Crippen molar-refractivity contribution in [3.8, 4) is 28.0 Å². The highest BCUT2D eigenvalue weighted by molar-refractivity contribution is 7.43. The molecule has 1 aliphatic rings. The number of rotatable bonds is 1. The van der Waals surface area contributed by atoms with E-state index in [4.69, 9.17) is 4.52 Å². The lowest BCUT2D eigenvalue weighted by atomic mass is 9.91. The first-order chi connectivity index (χ1) is 11.9. The molecule has 0 N–H and O–H groups in total. The third-order valence-electron chi connectivity index (χ3n) is 4.57. The summed E-state index contributed by atoms with van der Waals surface area (Å²) in [6, 6.07) is 30.0. The molecule has 2 heteroatoms. The van der Waals surface area contributed by atoms with E-state index in [2.05, 4.69) is 78.9 Å². The van der Waals surface area contributed by atoms with Gasteiger partial charge in [0, 0.05) is 16.4 Å². The quantitative estimate of drug-likeness (QED) is 0.403. The van der Waals surface area contributed by atoms with E-state index in [-0.39, 0.29) is 0 Å². The fourth-order valence-corrected chi connectivity index (χ4v) is 4.42.